The Labute approximate surface area is 131 Å². The van der Waals surface area contributed by atoms with Gasteiger partial charge in [-0.1, -0.05) is 38.1 Å². The normalized spacial score (nSPS) is 21.5. The summed E-state index contributed by atoms with van der Waals surface area (Å²) in [6.45, 7) is 6.27. The van der Waals surface area contributed by atoms with E-state index in [9.17, 15) is 14.7 Å². The molecule has 1 saturated carbocycles. The molecule has 0 heterocycles. The molecule has 1 aromatic rings. The maximum Gasteiger partial charge on any atom is 0.308 e. The SMILES string of the molecule is Cc1ccccc1C1CC1C(=O)NCC(CC(C)C)C(=O)O. The maximum absolute atomic E-state index is 12.2. The molecular weight excluding hydrogens is 278 g/mol. The van der Waals surface area contributed by atoms with E-state index < -0.39 is 11.9 Å². The molecule has 0 spiro atoms. The van der Waals surface area contributed by atoms with Gasteiger partial charge in [0.05, 0.1) is 5.92 Å². The van der Waals surface area contributed by atoms with Gasteiger partial charge < -0.3 is 10.4 Å². The molecule has 2 N–H and O–H groups in total. The van der Waals surface area contributed by atoms with Gasteiger partial charge in [0.1, 0.15) is 0 Å². The molecule has 0 saturated heterocycles. The second-order valence-corrected chi connectivity index (χ2v) is 6.72. The van der Waals surface area contributed by atoms with Gasteiger partial charge in [0.25, 0.3) is 0 Å². The molecule has 120 valence electrons. The summed E-state index contributed by atoms with van der Waals surface area (Å²) in [5.41, 5.74) is 2.45. The predicted molar refractivity (Wildman–Crippen MR) is 85.6 cm³/mol. The summed E-state index contributed by atoms with van der Waals surface area (Å²) in [5, 5.41) is 12.0. The lowest BCUT2D eigenvalue weighted by atomic mass is 9.97. The fraction of sp³-hybridized carbons (Fsp3) is 0.556. The highest BCUT2D eigenvalue weighted by molar-refractivity contribution is 5.83. The zero-order valence-electron chi connectivity index (χ0n) is 13.5. The largest absolute Gasteiger partial charge is 0.481 e. The molecule has 3 unspecified atom stereocenters. The van der Waals surface area contributed by atoms with E-state index in [4.69, 9.17) is 0 Å². The van der Waals surface area contributed by atoms with Crippen LogP contribution in [0.4, 0.5) is 0 Å². The molecule has 22 heavy (non-hydrogen) atoms. The number of aryl methyl sites for hydroxylation is 1. The van der Waals surface area contributed by atoms with Gasteiger partial charge in [-0.2, -0.15) is 0 Å². The number of carbonyl (C=O) groups excluding carboxylic acids is 1. The van der Waals surface area contributed by atoms with Crippen LogP contribution in [-0.2, 0) is 9.59 Å². The number of hydrogen-bond acceptors (Lipinski definition) is 2. The molecule has 4 nitrogen and oxygen atoms in total. The summed E-state index contributed by atoms with van der Waals surface area (Å²) >= 11 is 0. The molecule has 1 aromatic carbocycles. The molecule has 2 rings (SSSR count). The van der Waals surface area contributed by atoms with Crippen LogP contribution in [0.3, 0.4) is 0 Å². The molecule has 1 amide bonds. The fourth-order valence-electron chi connectivity index (χ4n) is 3.03. The quantitative estimate of drug-likeness (QED) is 0.814. The van der Waals surface area contributed by atoms with Crippen molar-refractivity contribution < 1.29 is 14.7 Å². The van der Waals surface area contributed by atoms with E-state index in [1.54, 1.807) is 0 Å². The molecule has 4 heteroatoms. The van der Waals surface area contributed by atoms with Crippen LogP contribution in [0.25, 0.3) is 0 Å². The first kappa shape index (κ1) is 16.5. The van der Waals surface area contributed by atoms with Crippen molar-refractivity contribution in [3.05, 3.63) is 35.4 Å². The van der Waals surface area contributed by atoms with Crippen LogP contribution < -0.4 is 5.32 Å². The van der Waals surface area contributed by atoms with Gasteiger partial charge in [-0.05, 0) is 42.7 Å². The molecular formula is C18H25NO3. The van der Waals surface area contributed by atoms with Crippen molar-refractivity contribution in [2.24, 2.45) is 17.8 Å². The topological polar surface area (TPSA) is 66.4 Å². The third kappa shape index (κ3) is 4.09. The van der Waals surface area contributed by atoms with Gasteiger partial charge in [-0.3, -0.25) is 9.59 Å². The van der Waals surface area contributed by atoms with Crippen LogP contribution in [0.2, 0.25) is 0 Å². The number of carboxylic acids is 1. The number of nitrogens with one attached hydrogen (secondary N) is 1. The maximum atomic E-state index is 12.2. The number of amides is 1. The number of rotatable bonds is 7. The fourth-order valence-corrected chi connectivity index (χ4v) is 3.03. The van der Waals surface area contributed by atoms with Crippen molar-refractivity contribution in [1.82, 2.24) is 5.32 Å². The van der Waals surface area contributed by atoms with E-state index >= 15 is 0 Å². The third-order valence-electron chi connectivity index (χ3n) is 4.34. The zero-order chi connectivity index (χ0) is 16.3. The summed E-state index contributed by atoms with van der Waals surface area (Å²) < 4.78 is 0. The van der Waals surface area contributed by atoms with E-state index in [1.165, 1.54) is 11.1 Å². The summed E-state index contributed by atoms with van der Waals surface area (Å²) in [7, 11) is 0. The van der Waals surface area contributed by atoms with Crippen molar-refractivity contribution in [3.8, 4) is 0 Å². The first-order chi connectivity index (χ1) is 10.4. The Morgan fingerprint density at radius 3 is 2.59 bits per heavy atom. The molecule has 0 radical (unpaired) electrons. The van der Waals surface area contributed by atoms with E-state index in [2.05, 4.69) is 24.4 Å². The lowest BCUT2D eigenvalue weighted by Crippen LogP contribution is -2.34. The van der Waals surface area contributed by atoms with Crippen LogP contribution in [-0.4, -0.2) is 23.5 Å². The van der Waals surface area contributed by atoms with Gasteiger partial charge in [0.2, 0.25) is 5.91 Å². The zero-order valence-corrected chi connectivity index (χ0v) is 13.5. The summed E-state index contributed by atoms with van der Waals surface area (Å²) in [6.07, 6.45) is 1.44. The van der Waals surface area contributed by atoms with Crippen molar-refractivity contribution >= 4 is 11.9 Å². The Morgan fingerprint density at radius 1 is 1.32 bits per heavy atom. The standard InChI is InChI=1S/C18H25NO3/c1-11(2)8-13(18(21)22)10-19-17(20)16-9-15(16)14-7-5-4-6-12(14)3/h4-7,11,13,15-16H,8-10H2,1-3H3,(H,19,20)(H,21,22). The molecule has 1 fully saturated rings. The Balaban J connectivity index is 1.87. The molecule has 0 bridgehead atoms. The minimum atomic E-state index is -0.833. The number of aliphatic carboxylic acids is 1. The van der Waals surface area contributed by atoms with Crippen LogP contribution in [0.5, 0.6) is 0 Å². The molecule has 0 aliphatic heterocycles. The van der Waals surface area contributed by atoms with Gasteiger partial charge >= 0.3 is 5.97 Å². The third-order valence-corrected chi connectivity index (χ3v) is 4.34. The monoisotopic (exact) mass is 303 g/mol. The lowest BCUT2D eigenvalue weighted by Gasteiger charge is -2.15. The van der Waals surface area contributed by atoms with Gasteiger partial charge in [-0.25, -0.2) is 0 Å². The first-order valence-electron chi connectivity index (χ1n) is 7.96. The second kappa shape index (κ2) is 6.95. The van der Waals surface area contributed by atoms with Gasteiger partial charge in [0, 0.05) is 12.5 Å². The Morgan fingerprint density at radius 2 is 2.00 bits per heavy atom. The Hall–Kier alpha value is -1.84. The van der Waals surface area contributed by atoms with Gasteiger partial charge in [0.15, 0.2) is 0 Å². The average Bonchev–Trinajstić information content (AvgIpc) is 3.23. The highest BCUT2D eigenvalue weighted by Crippen LogP contribution is 2.48. The highest BCUT2D eigenvalue weighted by atomic mass is 16.4. The second-order valence-electron chi connectivity index (χ2n) is 6.72. The number of benzene rings is 1. The van der Waals surface area contributed by atoms with E-state index in [-0.39, 0.29) is 24.3 Å². The molecule has 1 aliphatic carbocycles. The van der Waals surface area contributed by atoms with Crippen LogP contribution >= 0.6 is 0 Å². The Kier molecular flexibility index (Phi) is 5.22. The van der Waals surface area contributed by atoms with Crippen molar-refractivity contribution in [2.75, 3.05) is 6.54 Å². The van der Waals surface area contributed by atoms with Crippen LogP contribution in [0.15, 0.2) is 24.3 Å². The van der Waals surface area contributed by atoms with E-state index in [0.29, 0.717) is 12.3 Å². The first-order valence-corrected chi connectivity index (χ1v) is 7.96. The summed E-state index contributed by atoms with van der Waals surface area (Å²) in [6, 6.07) is 8.14. The van der Waals surface area contributed by atoms with Crippen molar-refractivity contribution in [2.45, 2.75) is 39.5 Å². The summed E-state index contributed by atoms with van der Waals surface area (Å²) in [5.74, 6) is -0.758. The van der Waals surface area contributed by atoms with E-state index in [1.807, 2.05) is 26.0 Å². The van der Waals surface area contributed by atoms with Crippen molar-refractivity contribution in [1.29, 1.82) is 0 Å². The minimum absolute atomic E-state index is 0.00500. The lowest BCUT2D eigenvalue weighted by molar-refractivity contribution is -0.142. The summed E-state index contributed by atoms with van der Waals surface area (Å²) in [4.78, 5) is 23.4. The number of carboxylic acid groups (broad SMARTS) is 1. The van der Waals surface area contributed by atoms with E-state index in [0.717, 1.165) is 6.42 Å². The smallest absolute Gasteiger partial charge is 0.308 e. The number of hydrogen-bond donors (Lipinski definition) is 2. The predicted octanol–water partition coefficient (Wildman–Crippen LogP) is 2.96. The minimum Gasteiger partial charge on any atom is -0.481 e. The Bertz CT molecular complexity index is 553. The van der Waals surface area contributed by atoms with Crippen molar-refractivity contribution in [3.63, 3.8) is 0 Å². The van der Waals surface area contributed by atoms with Crippen LogP contribution in [0.1, 0.15) is 43.7 Å². The average molecular weight is 303 g/mol. The van der Waals surface area contributed by atoms with Crippen LogP contribution in [0, 0.1) is 24.7 Å². The molecule has 3 atom stereocenters. The molecule has 0 aromatic heterocycles. The highest BCUT2D eigenvalue weighted by Gasteiger charge is 2.44. The van der Waals surface area contributed by atoms with Gasteiger partial charge in [-0.15, -0.1) is 0 Å². The molecule has 1 aliphatic rings. The number of carbonyl (C=O) groups is 2.